The molecular formula is C12H11N4-. The van der Waals surface area contributed by atoms with E-state index >= 15 is 0 Å². The molecule has 4 nitrogen and oxygen atoms in total. The Bertz CT molecular complexity index is 589. The van der Waals surface area contributed by atoms with Crippen molar-refractivity contribution in [1.29, 1.82) is 0 Å². The molecule has 4 heteroatoms. The van der Waals surface area contributed by atoms with Crippen LogP contribution in [0.3, 0.4) is 0 Å². The molecule has 1 aliphatic rings. The summed E-state index contributed by atoms with van der Waals surface area (Å²) in [7, 11) is 0. The molecular weight excluding hydrogens is 200 g/mol. The van der Waals surface area contributed by atoms with Crippen LogP contribution in [-0.4, -0.2) is 10.8 Å². The van der Waals surface area contributed by atoms with Crippen LogP contribution in [0.25, 0.3) is 16.2 Å². The van der Waals surface area contributed by atoms with Gasteiger partial charge in [0.15, 0.2) is 0 Å². The largest absolute Gasteiger partial charge is 0.449 e. The fourth-order valence-electron chi connectivity index (χ4n) is 2.02. The molecule has 0 aliphatic carbocycles. The Balaban J connectivity index is 2.38. The van der Waals surface area contributed by atoms with Gasteiger partial charge in [-0.3, -0.25) is 4.98 Å². The van der Waals surface area contributed by atoms with E-state index in [1.54, 1.807) is 6.20 Å². The number of nitrogens with two attached hydrogens (primary N) is 1. The predicted octanol–water partition coefficient (Wildman–Crippen LogP) is 2.63. The van der Waals surface area contributed by atoms with E-state index in [4.69, 9.17) is 5.73 Å². The average Bonchev–Trinajstić information content (AvgIpc) is 2.28. The number of rotatable bonds is 0. The molecule has 3 rings (SSSR count). The molecule has 2 heterocycles. The SMILES string of the molecule is CC1=Nc2ccc3cccnc3c2C(N)[N-]1. The minimum atomic E-state index is -0.355. The quantitative estimate of drug-likeness (QED) is 0.727. The number of nitrogens with zero attached hydrogens (tertiary/aromatic N) is 3. The monoisotopic (exact) mass is 211 g/mol. The molecule has 1 aromatic heterocycles. The lowest BCUT2D eigenvalue weighted by atomic mass is 10.0. The van der Waals surface area contributed by atoms with Crippen molar-refractivity contribution in [2.45, 2.75) is 13.1 Å². The van der Waals surface area contributed by atoms with Crippen LogP contribution in [0.1, 0.15) is 18.7 Å². The third-order valence-electron chi connectivity index (χ3n) is 2.69. The van der Waals surface area contributed by atoms with Crippen LogP contribution in [-0.2, 0) is 0 Å². The van der Waals surface area contributed by atoms with E-state index in [9.17, 15) is 0 Å². The Morgan fingerprint density at radius 1 is 1.31 bits per heavy atom. The molecule has 0 amide bonds. The third-order valence-corrected chi connectivity index (χ3v) is 2.69. The number of aliphatic imine (C=N–C) groups is 1. The van der Waals surface area contributed by atoms with Crippen molar-refractivity contribution in [3.8, 4) is 0 Å². The van der Waals surface area contributed by atoms with Crippen molar-refractivity contribution >= 4 is 22.4 Å². The summed E-state index contributed by atoms with van der Waals surface area (Å²) in [6, 6.07) is 7.91. The molecule has 2 aromatic rings. The summed E-state index contributed by atoms with van der Waals surface area (Å²) in [5.74, 6) is 0.718. The lowest BCUT2D eigenvalue weighted by Gasteiger charge is -2.31. The molecule has 1 atom stereocenters. The van der Waals surface area contributed by atoms with E-state index in [-0.39, 0.29) is 6.17 Å². The molecule has 2 N–H and O–H groups in total. The normalized spacial score (nSPS) is 18.9. The van der Waals surface area contributed by atoms with Crippen LogP contribution in [0.2, 0.25) is 0 Å². The maximum absolute atomic E-state index is 6.02. The fourth-order valence-corrected chi connectivity index (χ4v) is 2.02. The summed E-state index contributed by atoms with van der Waals surface area (Å²) in [6.45, 7) is 1.85. The van der Waals surface area contributed by atoms with Gasteiger partial charge in [0.2, 0.25) is 0 Å². The van der Waals surface area contributed by atoms with Gasteiger partial charge in [-0.2, -0.15) is 0 Å². The summed E-state index contributed by atoms with van der Waals surface area (Å²) in [6.07, 6.45) is 1.41. The van der Waals surface area contributed by atoms with E-state index in [0.29, 0.717) is 0 Å². The maximum atomic E-state index is 6.02. The zero-order valence-corrected chi connectivity index (χ0v) is 8.88. The number of aromatic nitrogens is 1. The Hall–Kier alpha value is -1.94. The molecule has 80 valence electrons. The zero-order valence-electron chi connectivity index (χ0n) is 8.88. The van der Waals surface area contributed by atoms with Gasteiger partial charge in [-0.1, -0.05) is 24.0 Å². The molecule has 0 saturated carbocycles. The van der Waals surface area contributed by atoms with E-state index in [2.05, 4.69) is 15.3 Å². The molecule has 1 aromatic carbocycles. The van der Waals surface area contributed by atoms with Crippen molar-refractivity contribution in [2.24, 2.45) is 10.7 Å². The average molecular weight is 211 g/mol. The summed E-state index contributed by atoms with van der Waals surface area (Å²) < 4.78 is 0. The highest BCUT2D eigenvalue weighted by atomic mass is 15.1. The fraction of sp³-hybridized carbons (Fsp3) is 0.167. The van der Waals surface area contributed by atoms with Crippen molar-refractivity contribution in [3.05, 3.63) is 41.3 Å². The second-order valence-corrected chi connectivity index (χ2v) is 3.81. The van der Waals surface area contributed by atoms with Gasteiger partial charge in [0.05, 0.1) is 5.52 Å². The van der Waals surface area contributed by atoms with Gasteiger partial charge < -0.3 is 16.0 Å². The molecule has 0 spiro atoms. The third kappa shape index (κ3) is 1.27. The minimum Gasteiger partial charge on any atom is -0.449 e. The number of hydrogen-bond acceptors (Lipinski definition) is 3. The first kappa shape index (κ1) is 9.30. The maximum Gasteiger partial charge on any atom is 0.0751 e. The molecule has 1 unspecified atom stereocenters. The highest BCUT2D eigenvalue weighted by Crippen LogP contribution is 2.37. The van der Waals surface area contributed by atoms with Crippen molar-refractivity contribution in [2.75, 3.05) is 0 Å². The molecule has 0 fully saturated rings. The van der Waals surface area contributed by atoms with E-state index < -0.39 is 0 Å². The van der Waals surface area contributed by atoms with Crippen LogP contribution in [0.15, 0.2) is 35.5 Å². The minimum absolute atomic E-state index is 0.355. The Kier molecular flexibility index (Phi) is 1.91. The van der Waals surface area contributed by atoms with Crippen molar-refractivity contribution < 1.29 is 0 Å². The van der Waals surface area contributed by atoms with E-state index in [0.717, 1.165) is 28.0 Å². The number of pyridine rings is 1. The van der Waals surface area contributed by atoms with Crippen LogP contribution in [0.5, 0.6) is 0 Å². The van der Waals surface area contributed by atoms with Crippen LogP contribution >= 0.6 is 0 Å². The molecule has 0 saturated heterocycles. The van der Waals surface area contributed by atoms with Crippen LogP contribution in [0.4, 0.5) is 5.69 Å². The molecule has 0 radical (unpaired) electrons. The Morgan fingerprint density at radius 2 is 2.19 bits per heavy atom. The van der Waals surface area contributed by atoms with Gasteiger partial charge in [-0.15, -0.1) is 0 Å². The van der Waals surface area contributed by atoms with Gasteiger partial charge in [0.1, 0.15) is 0 Å². The topological polar surface area (TPSA) is 65.4 Å². The summed E-state index contributed by atoms with van der Waals surface area (Å²) in [4.78, 5) is 8.74. The standard InChI is InChI=1S/C12H11N4/c1-7-15-9-5-4-8-3-2-6-14-11(8)10(9)12(13)16-7/h2-6,12H,13H2,1H3/q-1. The van der Waals surface area contributed by atoms with Crippen molar-refractivity contribution in [1.82, 2.24) is 4.98 Å². The second-order valence-electron chi connectivity index (χ2n) is 3.81. The first-order valence-electron chi connectivity index (χ1n) is 5.15. The van der Waals surface area contributed by atoms with Gasteiger partial charge in [0.25, 0.3) is 0 Å². The van der Waals surface area contributed by atoms with Gasteiger partial charge in [0, 0.05) is 17.7 Å². The molecule has 0 bridgehead atoms. The van der Waals surface area contributed by atoms with E-state index in [1.807, 2.05) is 31.2 Å². The highest BCUT2D eigenvalue weighted by molar-refractivity contribution is 6.00. The Morgan fingerprint density at radius 3 is 3.06 bits per heavy atom. The number of hydrogen-bond donors (Lipinski definition) is 1. The smallest absolute Gasteiger partial charge is 0.0751 e. The highest BCUT2D eigenvalue weighted by Gasteiger charge is 2.13. The molecule has 1 aliphatic heterocycles. The first-order valence-corrected chi connectivity index (χ1v) is 5.15. The summed E-state index contributed by atoms with van der Waals surface area (Å²) in [5, 5.41) is 5.33. The van der Waals surface area contributed by atoms with Crippen LogP contribution < -0.4 is 5.73 Å². The van der Waals surface area contributed by atoms with Crippen molar-refractivity contribution in [3.63, 3.8) is 0 Å². The first-order chi connectivity index (χ1) is 7.75. The van der Waals surface area contributed by atoms with Crippen LogP contribution in [0, 0.1) is 0 Å². The number of fused-ring (bicyclic) bond motifs is 3. The lowest BCUT2D eigenvalue weighted by molar-refractivity contribution is 0.882. The van der Waals surface area contributed by atoms with Gasteiger partial charge in [-0.25, -0.2) is 0 Å². The van der Waals surface area contributed by atoms with Gasteiger partial charge >= 0.3 is 0 Å². The summed E-state index contributed by atoms with van der Waals surface area (Å²) in [5.41, 5.74) is 8.71. The van der Waals surface area contributed by atoms with E-state index in [1.165, 1.54) is 0 Å². The second kappa shape index (κ2) is 3.28. The number of benzene rings is 1. The predicted molar refractivity (Wildman–Crippen MR) is 64.8 cm³/mol. The Labute approximate surface area is 93.2 Å². The van der Waals surface area contributed by atoms with Gasteiger partial charge in [-0.05, 0) is 24.2 Å². The summed E-state index contributed by atoms with van der Waals surface area (Å²) >= 11 is 0. The molecule has 16 heavy (non-hydrogen) atoms. The zero-order chi connectivity index (χ0) is 11.1. The lowest BCUT2D eigenvalue weighted by Crippen LogP contribution is -2.16. The number of amidine groups is 1.